The number of nitrogens with one attached hydrogen (secondary N) is 2. The van der Waals surface area contributed by atoms with Crippen molar-refractivity contribution in [2.24, 2.45) is 5.92 Å². The Morgan fingerprint density at radius 1 is 1.17 bits per heavy atom. The molecule has 2 aromatic carbocycles. The molecule has 0 bridgehead atoms. The molecule has 7 heteroatoms. The first-order valence-electron chi connectivity index (χ1n) is 9.52. The summed E-state index contributed by atoms with van der Waals surface area (Å²) >= 11 is 0. The predicted molar refractivity (Wildman–Crippen MR) is 114 cm³/mol. The number of amidine groups is 1. The molecule has 0 aliphatic carbocycles. The van der Waals surface area contributed by atoms with Crippen molar-refractivity contribution < 1.29 is 14.6 Å². The van der Waals surface area contributed by atoms with Crippen LogP contribution in [0.4, 0.5) is 5.69 Å². The van der Waals surface area contributed by atoms with Gasteiger partial charge in [0.2, 0.25) is 0 Å². The van der Waals surface area contributed by atoms with Gasteiger partial charge in [-0.1, -0.05) is 13.8 Å². The number of H-pyrrole nitrogens is 1. The van der Waals surface area contributed by atoms with Crippen LogP contribution in [-0.2, 0) is 0 Å². The average molecular weight is 392 g/mol. The van der Waals surface area contributed by atoms with E-state index in [1.54, 1.807) is 12.0 Å². The van der Waals surface area contributed by atoms with E-state index in [1.165, 1.54) is 0 Å². The molecule has 0 spiro atoms. The minimum Gasteiger partial charge on any atom is -0.509 e. The molecule has 1 aromatic heterocycles. The van der Waals surface area contributed by atoms with Crippen LogP contribution in [0.15, 0.2) is 48.2 Å². The second-order valence-electron chi connectivity index (χ2n) is 7.42. The molecule has 0 saturated heterocycles. The maximum absolute atomic E-state index is 10.6. The van der Waals surface area contributed by atoms with Gasteiger partial charge in [0.25, 0.3) is 0 Å². The van der Waals surface area contributed by atoms with Crippen LogP contribution in [0.2, 0.25) is 0 Å². The zero-order valence-corrected chi connectivity index (χ0v) is 16.7. The third-order valence-corrected chi connectivity index (χ3v) is 4.76. The van der Waals surface area contributed by atoms with Crippen LogP contribution in [0.5, 0.6) is 11.5 Å². The Bertz CT molecular complexity index is 1080. The number of anilines is 1. The Hall–Kier alpha value is -3.48. The van der Waals surface area contributed by atoms with E-state index in [0.717, 1.165) is 22.5 Å². The third-order valence-electron chi connectivity index (χ3n) is 4.76. The van der Waals surface area contributed by atoms with Gasteiger partial charge in [0.1, 0.15) is 28.9 Å². The molecular formula is C22H24N4O3. The number of aliphatic hydroxyl groups excluding tert-OH is 1. The van der Waals surface area contributed by atoms with Gasteiger partial charge in [-0.25, -0.2) is 4.98 Å². The molecule has 0 saturated carbocycles. The highest BCUT2D eigenvalue weighted by Crippen LogP contribution is 2.32. The van der Waals surface area contributed by atoms with Crippen LogP contribution in [0.1, 0.15) is 19.7 Å². The molecule has 3 N–H and O–H groups in total. The van der Waals surface area contributed by atoms with Crippen LogP contribution in [0.25, 0.3) is 16.6 Å². The summed E-state index contributed by atoms with van der Waals surface area (Å²) in [5, 5.41) is 19.2. The first-order chi connectivity index (χ1) is 14.0. The zero-order valence-electron chi connectivity index (χ0n) is 16.7. The number of rotatable bonds is 6. The highest BCUT2D eigenvalue weighted by Gasteiger charge is 2.31. The van der Waals surface area contributed by atoms with Gasteiger partial charge in [-0.05, 0) is 42.3 Å². The summed E-state index contributed by atoms with van der Waals surface area (Å²) in [7, 11) is 1.61. The molecule has 0 radical (unpaired) electrons. The second-order valence-corrected chi connectivity index (χ2v) is 7.42. The van der Waals surface area contributed by atoms with Gasteiger partial charge in [-0.15, -0.1) is 0 Å². The van der Waals surface area contributed by atoms with E-state index < -0.39 is 0 Å². The second kappa shape index (κ2) is 7.50. The zero-order chi connectivity index (χ0) is 20.5. The molecule has 0 unspecified atom stereocenters. The highest BCUT2D eigenvalue weighted by molar-refractivity contribution is 6.30. The number of imidazole rings is 1. The minimum atomic E-state index is 0.112. The molecule has 7 nitrogen and oxygen atoms in total. The maximum atomic E-state index is 10.6. The largest absolute Gasteiger partial charge is 0.509 e. The van der Waals surface area contributed by atoms with E-state index in [0.29, 0.717) is 29.7 Å². The summed E-state index contributed by atoms with van der Waals surface area (Å²) < 4.78 is 11.0. The van der Waals surface area contributed by atoms with Crippen LogP contribution in [-0.4, -0.2) is 41.2 Å². The summed E-state index contributed by atoms with van der Waals surface area (Å²) in [5.41, 5.74) is 2.75. The molecule has 1 aliphatic rings. The summed E-state index contributed by atoms with van der Waals surface area (Å²) in [6, 6.07) is 13.1. The van der Waals surface area contributed by atoms with Crippen molar-refractivity contribution in [3.8, 4) is 11.5 Å². The lowest BCUT2D eigenvalue weighted by atomic mass is 10.2. The number of hydrogen-bond donors (Lipinski definition) is 3. The lowest BCUT2D eigenvalue weighted by Gasteiger charge is -2.19. The van der Waals surface area contributed by atoms with E-state index in [-0.39, 0.29) is 18.1 Å². The molecule has 150 valence electrons. The Morgan fingerprint density at radius 2 is 1.90 bits per heavy atom. The first kappa shape index (κ1) is 18.9. The van der Waals surface area contributed by atoms with E-state index in [1.807, 2.05) is 42.5 Å². The standard InChI is InChI=1S/C22H24N4O3/c1-13(2)12-29-15-6-4-14(5-7-15)26-11-19(27)20(21(26)23)22-24-17-9-8-16(28-3)10-18(17)25-22/h4-10,13,23,27H,11-12H2,1-3H3,(H,24,25). The van der Waals surface area contributed by atoms with Gasteiger partial charge in [-0.2, -0.15) is 0 Å². The lowest BCUT2D eigenvalue weighted by Crippen LogP contribution is -2.26. The van der Waals surface area contributed by atoms with Crippen LogP contribution >= 0.6 is 0 Å². The van der Waals surface area contributed by atoms with Gasteiger partial charge in [0, 0.05) is 11.8 Å². The van der Waals surface area contributed by atoms with Crippen LogP contribution < -0.4 is 14.4 Å². The molecular weight excluding hydrogens is 368 g/mol. The molecule has 2 heterocycles. The predicted octanol–water partition coefficient (Wildman–Crippen LogP) is 4.37. The fourth-order valence-corrected chi connectivity index (χ4v) is 3.27. The normalized spacial score (nSPS) is 14.3. The van der Waals surface area contributed by atoms with Crippen molar-refractivity contribution in [2.75, 3.05) is 25.2 Å². The number of ether oxygens (including phenoxy) is 2. The van der Waals surface area contributed by atoms with Gasteiger partial charge in [0.05, 0.1) is 36.9 Å². The fourth-order valence-electron chi connectivity index (χ4n) is 3.27. The van der Waals surface area contributed by atoms with E-state index >= 15 is 0 Å². The number of fused-ring (bicyclic) bond motifs is 1. The topological polar surface area (TPSA) is 94.5 Å². The Morgan fingerprint density at radius 3 is 2.59 bits per heavy atom. The number of nitrogens with zero attached hydrogens (tertiary/aromatic N) is 2. The Kier molecular flexibility index (Phi) is 4.88. The number of aromatic amines is 1. The fraction of sp³-hybridized carbons (Fsp3) is 0.273. The molecule has 3 aromatic rings. The molecule has 0 fully saturated rings. The minimum absolute atomic E-state index is 0.112. The monoisotopic (exact) mass is 392 g/mol. The number of methoxy groups -OCH3 is 1. The summed E-state index contributed by atoms with van der Waals surface area (Å²) in [6.07, 6.45) is 0. The van der Waals surface area contributed by atoms with Crippen LogP contribution in [0, 0.1) is 11.3 Å². The van der Waals surface area contributed by atoms with Crippen molar-refractivity contribution in [1.29, 1.82) is 5.41 Å². The Labute approximate surface area is 169 Å². The first-order valence-corrected chi connectivity index (χ1v) is 9.52. The molecule has 0 amide bonds. The van der Waals surface area contributed by atoms with Gasteiger partial charge in [0.15, 0.2) is 0 Å². The average Bonchev–Trinajstić information content (AvgIpc) is 3.25. The van der Waals surface area contributed by atoms with E-state index in [2.05, 4.69) is 23.8 Å². The quantitative estimate of drug-likeness (QED) is 0.579. The molecule has 1 aliphatic heterocycles. The van der Waals surface area contributed by atoms with Crippen LogP contribution in [0.3, 0.4) is 0 Å². The van der Waals surface area contributed by atoms with Gasteiger partial charge in [-0.3, -0.25) is 5.41 Å². The summed E-state index contributed by atoms with van der Waals surface area (Å²) in [6.45, 7) is 5.08. The van der Waals surface area contributed by atoms with Gasteiger partial charge < -0.3 is 24.5 Å². The third kappa shape index (κ3) is 3.63. The molecule has 29 heavy (non-hydrogen) atoms. The van der Waals surface area contributed by atoms with Crippen molar-refractivity contribution in [1.82, 2.24) is 9.97 Å². The molecule has 0 atom stereocenters. The summed E-state index contributed by atoms with van der Waals surface area (Å²) in [4.78, 5) is 9.46. The SMILES string of the molecule is COc1ccc2nc(C3=C(O)CN(c4ccc(OCC(C)C)cc4)C3=N)[nH]c2c1. The Balaban J connectivity index is 1.57. The van der Waals surface area contributed by atoms with Crippen molar-refractivity contribution in [2.45, 2.75) is 13.8 Å². The lowest BCUT2D eigenvalue weighted by molar-refractivity contribution is 0.271. The summed E-state index contributed by atoms with van der Waals surface area (Å²) in [5.74, 6) is 2.74. The van der Waals surface area contributed by atoms with Gasteiger partial charge >= 0.3 is 0 Å². The van der Waals surface area contributed by atoms with Crippen molar-refractivity contribution >= 4 is 28.1 Å². The van der Waals surface area contributed by atoms with E-state index in [9.17, 15) is 5.11 Å². The molecule has 4 rings (SSSR count). The number of aliphatic hydroxyl groups is 1. The smallest absolute Gasteiger partial charge is 0.145 e. The number of hydrogen-bond acceptors (Lipinski definition) is 5. The van der Waals surface area contributed by atoms with Crippen molar-refractivity contribution in [3.63, 3.8) is 0 Å². The number of aromatic nitrogens is 2. The highest BCUT2D eigenvalue weighted by atomic mass is 16.5. The number of benzene rings is 2. The van der Waals surface area contributed by atoms with Crippen molar-refractivity contribution in [3.05, 3.63) is 54.0 Å². The maximum Gasteiger partial charge on any atom is 0.145 e. The van der Waals surface area contributed by atoms with E-state index in [4.69, 9.17) is 14.9 Å².